The second kappa shape index (κ2) is 4.02. The van der Waals surface area contributed by atoms with Crippen LogP contribution < -0.4 is 11.3 Å². The van der Waals surface area contributed by atoms with Crippen molar-refractivity contribution in [2.45, 2.75) is 0 Å². The molecule has 5 heteroatoms. The second-order valence-corrected chi connectivity index (χ2v) is 2.44. The maximum atomic E-state index is 5.25. The first kappa shape index (κ1) is 9.70. The van der Waals surface area contributed by atoms with E-state index in [1.54, 1.807) is 6.20 Å². The molecular formula is C8H9ClN4. The number of anilines is 1. The van der Waals surface area contributed by atoms with Gasteiger partial charge < -0.3 is 5.43 Å². The summed E-state index contributed by atoms with van der Waals surface area (Å²) in [7, 11) is 0. The van der Waals surface area contributed by atoms with Crippen molar-refractivity contribution in [1.29, 1.82) is 0 Å². The van der Waals surface area contributed by atoms with E-state index in [2.05, 4.69) is 15.4 Å². The zero-order valence-corrected chi connectivity index (χ0v) is 7.58. The van der Waals surface area contributed by atoms with Gasteiger partial charge in [0.05, 0.1) is 11.2 Å². The molecule has 3 N–H and O–H groups in total. The lowest BCUT2D eigenvalue weighted by Gasteiger charge is -2.00. The van der Waals surface area contributed by atoms with Crippen molar-refractivity contribution in [2.24, 2.45) is 5.84 Å². The van der Waals surface area contributed by atoms with Gasteiger partial charge in [0.25, 0.3) is 0 Å². The highest BCUT2D eigenvalue weighted by atomic mass is 35.5. The predicted molar refractivity (Wildman–Crippen MR) is 54.6 cm³/mol. The molecule has 0 aliphatic rings. The quantitative estimate of drug-likeness (QED) is 0.534. The van der Waals surface area contributed by atoms with Gasteiger partial charge in [0.1, 0.15) is 6.33 Å². The number of hydrogen-bond donors (Lipinski definition) is 2. The summed E-state index contributed by atoms with van der Waals surface area (Å²) in [4.78, 5) is 7.99. The minimum Gasteiger partial charge on any atom is -0.324 e. The summed E-state index contributed by atoms with van der Waals surface area (Å²) in [6.45, 7) is 0. The molecule has 1 aromatic heterocycles. The molecule has 13 heavy (non-hydrogen) atoms. The van der Waals surface area contributed by atoms with Gasteiger partial charge in [-0.2, -0.15) is 0 Å². The lowest BCUT2D eigenvalue weighted by Crippen LogP contribution is -2.06. The number of benzene rings is 1. The Morgan fingerprint density at radius 3 is 2.92 bits per heavy atom. The zero-order chi connectivity index (χ0) is 8.39. The molecule has 0 saturated carbocycles. The number of nitrogens with one attached hydrogen (secondary N) is 1. The number of rotatable bonds is 1. The normalized spacial score (nSPS) is 9.31. The van der Waals surface area contributed by atoms with Crippen LogP contribution in [0.25, 0.3) is 10.9 Å². The third kappa shape index (κ3) is 1.85. The Balaban J connectivity index is 0.000000845. The summed E-state index contributed by atoms with van der Waals surface area (Å²) in [6.07, 6.45) is 3.28. The Bertz CT molecular complexity index is 404. The van der Waals surface area contributed by atoms with Gasteiger partial charge in [-0.3, -0.25) is 5.84 Å². The van der Waals surface area contributed by atoms with Gasteiger partial charge in [0.15, 0.2) is 0 Å². The van der Waals surface area contributed by atoms with Crippen LogP contribution in [0, 0.1) is 0 Å². The molecule has 0 atom stereocenters. The van der Waals surface area contributed by atoms with Gasteiger partial charge in [-0.25, -0.2) is 9.97 Å². The summed E-state index contributed by atoms with van der Waals surface area (Å²) < 4.78 is 0. The fourth-order valence-corrected chi connectivity index (χ4v) is 1.06. The molecule has 0 spiro atoms. The van der Waals surface area contributed by atoms with Gasteiger partial charge in [0.2, 0.25) is 0 Å². The van der Waals surface area contributed by atoms with Crippen molar-refractivity contribution >= 4 is 29.0 Å². The Kier molecular flexibility index (Phi) is 3.00. The molecule has 68 valence electrons. The fraction of sp³-hybridized carbons (Fsp3) is 0. The molecule has 0 amide bonds. The third-order valence-corrected chi connectivity index (χ3v) is 1.67. The van der Waals surface area contributed by atoms with Crippen LogP contribution in [-0.4, -0.2) is 9.97 Å². The van der Waals surface area contributed by atoms with Crippen LogP contribution in [-0.2, 0) is 0 Å². The minimum atomic E-state index is 0. The summed E-state index contributed by atoms with van der Waals surface area (Å²) >= 11 is 0. The average molecular weight is 197 g/mol. The van der Waals surface area contributed by atoms with Crippen molar-refractivity contribution in [3.8, 4) is 0 Å². The monoisotopic (exact) mass is 196 g/mol. The second-order valence-electron chi connectivity index (χ2n) is 2.44. The van der Waals surface area contributed by atoms with E-state index in [9.17, 15) is 0 Å². The topological polar surface area (TPSA) is 63.8 Å². The molecule has 0 saturated heterocycles. The van der Waals surface area contributed by atoms with Crippen LogP contribution in [0.3, 0.4) is 0 Å². The fourth-order valence-electron chi connectivity index (χ4n) is 1.06. The Morgan fingerprint density at radius 2 is 2.15 bits per heavy atom. The largest absolute Gasteiger partial charge is 0.324 e. The predicted octanol–water partition coefficient (Wildman–Crippen LogP) is 1.34. The van der Waals surface area contributed by atoms with Gasteiger partial charge in [-0.15, -0.1) is 12.4 Å². The minimum absolute atomic E-state index is 0. The van der Waals surface area contributed by atoms with Crippen molar-refractivity contribution in [2.75, 3.05) is 5.43 Å². The summed E-state index contributed by atoms with van der Waals surface area (Å²) in [6, 6.07) is 5.67. The molecule has 0 aliphatic carbocycles. The van der Waals surface area contributed by atoms with Gasteiger partial charge >= 0.3 is 0 Å². The van der Waals surface area contributed by atoms with E-state index in [4.69, 9.17) is 5.84 Å². The van der Waals surface area contributed by atoms with Gasteiger partial charge in [0, 0.05) is 11.6 Å². The summed E-state index contributed by atoms with van der Waals surface area (Å²) in [5.74, 6) is 5.25. The summed E-state index contributed by atoms with van der Waals surface area (Å²) in [5.41, 5.74) is 4.30. The Morgan fingerprint density at radius 1 is 1.31 bits per heavy atom. The van der Waals surface area contributed by atoms with Crippen molar-refractivity contribution < 1.29 is 0 Å². The van der Waals surface area contributed by atoms with Crippen molar-refractivity contribution in [3.05, 3.63) is 30.7 Å². The Hall–Kier alpha value is -1.39. The van der Waals surface area contributed by atoms with Crippen LogP contribution in [0.4, 0.5) is 5.69 Å². The van der Waals surface area contributed by atoms with Crippen LogP contribution in [0.2, 0.25) is 0 Å². The first-order valence-electron chi connectivity index (χ1n) is 3.56. The highest BCUT2D eigenvalue weighted by Gasteiger charge is 1.94. The number of hydrazine groups is 1. The van der Waals surface area contributed by atoms with Gasteiger partial charge in [-0.05, 0) is 18.2 Å². The molecular weight excluding hydrogens is 188 g/mol. The molecule has 1 heterocycles. The van der Waals surface area contributed by atoms with Crippen LogP contribution in [0.15, 0.2) is 30.7 Å². The lowest BCUT2D eigenvalue weighted by molar-refractivity contribution is 1.22. The molecule has 0 bridgehead atoms. The smallest absolute Gasteiger partial charge is 0.116 e. The highest BCUT2D eigenvalue weighted by Crippen LogP contribution is 2.14. The molecule has 2 rings (SSSR count). The highest BCUT2D eigenvalue weighted by molar-refractivity contribution is 5.85. The van der Waals surface area contributed by atoms with E-state index < -0.39 is 0 Å². The number of aromatic nitrogens is 2. The number of halogens is 1. The first-order valence-corrected chi connectivity index (χ1v) is 3.56. The van der Waals surface area contributed by atoms with Crippen LogP contribution in [0.5, 0.6) is 0 Å². The standard InChI is InChI=1S/C8H8N4.ClH/c9-12-7-2-1-6-4-10-5-11-8(6)3-7;/h1-5,12H,9H2;1H. The molecule has 2 aromatic rings. The SMILES string of the molecule is Cl.NNc1ccc2cncnc2c1. The molecule has 0 radical (unpaired) electrons. The summed E-state index contributed by atoms with van der Waals surface area (Å²) in [5, 5.41) is 1.01. The van der Waals surface area contributed by atoms with Crippen LogP contribution in [0.1, 0.15) is 0 Å². The molecule has 0 unspecified atom stereocenters. The number of hydrogen-bond acceptors (Lipinski definition) is 4. The van der Waals surface area contributed by atoms with Gasteiger partial charge in [-0.1, -0.05) is 0 Å². The molecule has 4 nitrogen and oxygen atoms in total. The van der Waals surface area contributed by atoms with E-state index in [1.165, 1.54) is 6.33 Å². The van der Waals surface area contributed by atoms with E-state index >= 15 is 0 Å². The first-order chi connectivity index (χ1) is 5.90. The van der Waals surface area contributed by atoms with Crippen molar-refractivity contribution in [3.63, 3.8) is 0 Å². The zero-order valence-electron chi connectivity index (χ0n) is 6.77. The van der Waals surface area contributed by atoms with E-state index in [1.807, 2.05) is 18.2 Å². The maximum absolute atomic E-state index is 5.25. The molecule has 0 aliphatic heterocycles. The van der Waals surface area contributed by atoms with Crippen LogP contribution >= 0.6 is 12.4 Å². The number of nitrogen functional groups attached to an aromatic ring is 1. The molecule has 0 fully saturated rings. The van der Waals surface area contributed by atoms with Crippen molar-refractivity contribution in [1.82, 2.24) is 9.97 Å². The Labute approximate surface area is 81.6 Å². The average Bonchev–Trinajstić information content (AvgIpc) is 2.17. The van der Waals surface area contributed by atoms with E-state index in [-0.39, 0.29) is 12.4 Å². The number of nitrogens with zero attached hydrogens (tertiary/aromatic N) is 2. The third-order valence-electron chi connectivity index (χ3n) is 1.67. The number of fused-ring (bicyclic) bond motifs is 1. The van der Waals surface area contributed by atoms with E-state index in [0.29, 0.717) is 0 Å². The number of nitrogens with two attached hydrogens (primary N) is 1. The van der Waals surface area contributed by atoms with E-state index in [0.717, 1.165) is 16.6 Å². The molecule has 1 aromatic carbocycles. The maximum Gasteiger partial charge on any atom is 0.116 e. The lowest BCUT2D eigenvalue weighted by atomic mass is 10.2.